The number of hydrogen-bond donors (Lipinski definition) is 0. The van der Waals surface area contributed by atoms with Gasteiger partial charge in [-0.3, -0.25) is 24.0 Å². The maximum absolute atomic E-state index is 14.4. The SMILES string of the molecule is COCCn1c(=O)c2cc([N+](=O)[O-])ccc2n(Cc2ccc(C#N)cc2F)c1=O. The van der Waals surface area contributed by atoms with Crippen LogP contribution < -0.4 is 11.2 Å². The molecule has 3 aromatic rings. The zero-order valence-electron chi connectivity index (χ0n) is 15.3. The van der Waals surface area contributed by atoms with Crippen molar-refractivity contribution in [2.45, 2.75) is 13.1 Å². The van der Waals surface area contributed by atoms with Crippen molar-refractivity contribution in [2.24, 2.45) is 0 Å². The predicted molar refractivity (Wildman–Crippen MR) is 101 cm³/mol. The Morgan fingerprint density at radius 3 is 2.59 bits per heavy atom. The van der Waals surface area contributed by atoms with E-state index in [-0.39, 0.29) is 47.4 Å². The first-order chi connectivity index (χ1) is 13.9. The van der Waals surface area contributed by atoms with Crippen LogP contribution >= 0.6 is 0 Å². The van der Waals surface area contributed by atoms with E-state index >= 15 is 0 Å². The molecule has 148 valence electrons. The molecule has 10 heteroatoms. The smallest absolute Gasteiger partial charge is 0.331 e. The molecule has 0 aliphatic heterocycles. The number of halogens is 1. The van der Waals surface area contributed by atoms with E-state index in [4.69, 9.17) is 10.00 Å². The van der Waals surface area contributed by atoms with Crippen LogP contribution in [0.3, 0.4) is 0 Å². The minimum Gasteiger partial charge on any atom is -0.383 e. The van der Waals surface area contributed by atoms with E-state index in [1.165, 1.54) is 35.9 Å². The molecule has 1 heterocycles. The summed E-state index contributed by atoms with van der Waals surface area (Å²) in [4.78, 5) is 36.1. The number of non-ortho nitro benzene ring substituents is 1. The van der Waals surface area contributed by atoms with Crippen molar-refractivity contribution in [3.8, 4) is 6.07 Å². The summed E-state index contributed by atoms with van der Waals surface area (Å²) in [5, 5.41) is 19.9. The molecule has 3 rings (SSSR count). The Morgan fingerprint density at radius 2 is 1.97 bits per heavy atom. The van der Waals surface area contributed by atoms with Gasteiger partial charge in [-0.1, -0.05) is 6.07 Å². The molecule has 0 saturated carbocycles. The summed E-state index contributed by atoms with van der Waals surface area (Å²) in [5.74, 6) is -0.680. The minimum atomic E-state index is -0.697. The van der Waals surface area contributed by atoms with Crippen LogP contribution in [0.1, 0.15) is 11.1 Å². The first kappa shape index (κ1) is 19.9. The van der Waals surface area contributed by atoms with Crippen molar-refractivity contribution >= 4 is 16.6 Å². The lowest BCUT2D eigenvalue weighted by Gasteiger charge is -2.14. The highest BCUT2D eigenvalue weighted by Gasteiger charge is 2.17. The number of aromatic nitrogens is 2. The quantitative estimate of drug-likeness (QED) is 0.461. The van der Waals surface area contributed by atoms with Crippen molar-refractivity contribution in [3.05, 3.63) is 84.3 Å². The minimum absolute atomic E-state index is 0.0380. The second kappa shape index (κ2) is 8.04. The summed E-state index contributed by atoms with van der Waals surface area (Å²) in [6.07, 6.45) is 0. The number of benzene rings is 2. The van der Waals surface area contributed by atoms with Crippen LogP contribution in [0, 0.1) is 27.3 Å². The van der Waals surface area contributed by atoms with Crippen LogP contribution in [0.4, 0.5) is 10.1 Å². The average Bonchev–Trinajstić information content (AvgIpc) is 2.71. The van der Waals surface area contributed by atoms with Gasteiger partial charge in [0.2, 0.25) is 0 Å². The topological polar surface area (TPSA) is 120 Å². The van der Waals surface area contributed by atoms with Crippen LogP contribution in [-0.2, 0) is 17.8 Å². The molecule has 1 aromatic heterocycles. The molecule has 0 N–H and O–H groups in total. The van der Waals surface area contributed by atoms with Gasteiger partial charge in [0.15, 0.2) is 0 Å². The van der Waals surface area contributed by atoms with E-state index in [1.807, 2.05) is 6.07 Å². The monoisotopic (exact) mass is 398 g/mol. The number of ether oxygens (including phenoxy) is 1. The van der Waals surface area contributed by atoms with Crippen LogP contribution in [0.2, 0.25) is 0 Å². The van der Waals surface area contributed by atoms with Crippen LogP contribution in [0.25, 0.3) is 10.9 Å². The maximum atomic E-state index is 14.4. The van der Waals surface area contributed by atoms with Gasteiger partial charge in [-0.15, -0.1) is 0 Å². The van der Waals surface area contributed by atoms with E-state index in [1.54, 1.807) is 0 Å². The van der Waals surface area contributed by atoms with Gasteiger partial charge < -0.3 is 4.74 Å². The molecular weight excluding hydrogens is 383 g/mol. The number of nitro groups is 1. The molecule has 9 nitrogen and oxygen atoms in total. The van der Waals surface area contributed by atoms with E-state index in [2.05, 4.69) is 0 Å². The molecule has 0 spiro atoms. The molecule has 0 fully saturated rings. The van der Waals surface area contributed by atoms with E-state index in [0.29, 0.717) is 0 Å². The third-order valence-electron chi connectivity index (χ3n) is 4.45. The maximum Gasteiger partial charge on any atom is 0.331 e. The molecule has 0 amide bonds. The first-order valence-electron chi connectivity index (χ1n) is 8.46. The van der Waals surface area contributed by atoms with Gasteiger partial charge in [-0.25, -0.2) is 9.18 Å². The molecule has 0 saturated heterocycles. The van der Waals surface area contributed by atoms with Crippen LogP contribution in [0.5, 0.6) is 0 Å². The third-order valence-corrected chi connectivity index (χ3v) is 4.45. The van der Waals surface area contributed by atoms with Crippen LogP contribution in [-0.4, -0.2) is 27.8 Å². The number of hydrogen-bond acceptors (Lipinski definition) is 6. The molecule has 29 heavy (non-hydrogen) atoms. The highest BCUT2D eigenvalue weighted by molar-refractivity contribution is 5.80. The second-order valence-corrected chi connectivity index (χ2v) is 6.19. The van der Waals surface area contributed by atoms with E-state index < -0.39 is 22.0 Å². The van der Waals surface area contributed by atoms with Crippen molar-refractivity contribution in [1.29, 1.82) is 5.26 Å². The van der Waals surface area contributed by atoms with E-state index in [0.717, 1.165) is 16.7 Å². The third kappa shape index (κ3) is 3.76. The number of fused-ring (bicyclic) bond motifs is 1. The Morgan fingerprint density at radius 1 is 1.21 bits per heavy atom. The highest BCUT2D eigenvalue weighted by atomic mass is 19.1. The van der Waals surface area contributed by atoms with Gasteiger partial charge in [-0.2, -0.15) is 5.26 Å². The Hall–Kier alpha value is -3.84. The van der Waals surface area contributed by atoms with Crippen molar-refractivity contribution in [2.75, 3.05) is 13.7 Å². The number of methoxy groups -OCH3 is 1. The summed E-state index contributed by atoms with van der Waals surface area (Å²) in [6, 6.07) is 9.22. The summed E-state index contributed by atoms with van der Waals surface area (Å²) >= 11 is 0. The van der Waals surface area contributed by atoms with Gasteiger partial charge >= 0.3 is 5.69 Å². The predicted octanol–water partition coefficient (Wildman–Crippen LogP) is 1.78. The van der Waals surface area contributed by atoms with Gasteiger partial charge in [0.25, 0.3) is 11.2 Å². The first-order valence-corrected chi connectivity index (χ1v) is 8.46. The van der Waals surface area contributed by atoms with Gasteiger partial charge in [0.05, 0.1) is 47.2 Å². The lowest BCUT2D eigenvalue weighted by atomic mass is 10.1. The average molecular weight is 398 g/mol. The molecule has 0 atom stereocenters. The zero-order chi connectivity index (χ0) is 21.1. The van der Waals surface area contributed by atoms with Crippen LogP contribution in [0.15, 0.2) is 46.0 Å². The van der Waals surface area contributed by atoms with Gasteiger partial charge in [0.1, 0.15) is 5.82 Å². The molecular formula is C19H15FN4O5. The molecule has 0 aliphatic carbocycles. The number of nitro benzene ring substituents is 1. The number of rotatable bonds is 6. The van der Waals surface area contributed by atoms with E-state index in [9.17, 15) is 24.1 Å². The summed E-state index contributed by atoms with van der Waals surface area (Å²) in [5.41, 5.74) is -1.29. The lowest BCUT2D eigenvalue weighted by molar-refractivity contribution is -0.384. The normalized spacial score (nSPS) is 10.8. The fraction of sp³-hybridized carbons (Fsp3) is 0.211. The van der Waals surface area contributed by atoms with Crippen molar-refractivity contribution < 1.29 is 14.1 Å². The fourth-order valence-corrected chi connectivity index (χ4v) is 2.97. The number of nitrogens with zero attached hydrogens (tertiary/aromatic N) is 4. The van der Waals surface area contributed by atoms with Crippen molar-refractivity contribution in [3.63, 3.8) is 0 Å². The summed E-state index contributed by atoms with van der Waals surface area (Å²) < 4.78 is 21.4. The largest absolute Gasteiger partial charge is 0.383 e. The Kier molecular flexibility index (Phi) is 5.52. The molecule has 0 aliphatic rings. The summed E-state index contributed by atoms with van der Waals surface area (Å²) in [6.45, 7) is -0.221. The molecule has 0 unspecified atom stereocenters. The second-order valence-electron chi connectivity index (χ2n) is 6.19. The highest BCUT2D eigenvalue weighted by Crippen LogP contribution is 2.19. The Labute approximate surface area is 163 Å². The number of nitriles is 1. The fourth-order valence-electron chi connectivity index (χ4n) is 2.97. The molecule has 0 radical (unpaired) electrons. The Balaban J connectivity index is 2.27. The Bertz CT molecular complexity index is 1270. The zero-order valence-corrected chi connectivity index (χ0v) is 15.3. The van der Waals surface area contributed by atoms with Gasteiger partial charge in [-0.05, 0) is 18.2 Å². The standard InChI is InChI=1S/C19H15FN4O5/c1-29-7-6-22-18(25)15-9-14(24(27)28)4-5-17(15)23(19(22)26)11-13-3-2-12(10-21)8-16(13)20/h2-5,8-9H,6-7,11H2,1H3. The molecule has 2 aromatic carbocycles. The van der Waals surface area contributed by atoms with Crippen molar-refractivity contribution in [1.82, 2.24) is 9.13 Å². The summed E-state index contributed by atoms with van der Waals surface area (Å²) in [7, 11) is 1.40. The van der Waals surface area contributed by atoms with Gasteiger partial charge in [0, 0.05) is 24.8 Å². The lowest BCUT2D eigenvalue weighted by Crippen LogP contribution is -2.41. The molecule has 0 bridgehead atoms.